The first-order chi connectivity index (χ1) is 12.7. The summed E-state index contributed by atoms with van der Waals surface area (Å²) in [4.78, 5) is 23.9. The Morgan fingerprint density at radius 1 is 1.22 bits per heavy atom. The van der Waals surface area contributed by atoms with Crippen molar-refractivity contribution in [3.8, 4) is 0 Å². The van der Waals surface area contributed by atoms with Crippen LogP contribution in [0.1, 0.15) is 34.5 Å². The first-order valence-corrected chi connectivity index (χ1v) is 8.95. The molecule has 0 heterocycles. The molecule has 3 N–H and O–H groups in total. The molecule has 0 aromatic heterocycles. The fraction of sp³-hybridized carbons (Fsp3) is 0.263. The van der Waals surface area contributed by atoms with Crippen LogP contribution >= 0.6 is 23.2 Å². The van der Waals surface area contributed by atoms with E-state index in [9.17, 15) is 14.0 Å². The van der Waals surface area contributed by atoms with E-state index in [4.69, 9.17) is 23.2 Å². The normalized spacial score (nSPS) is 11.8. The smallest absolute Gasteiger partial charge is 0.337 e. The number of aryl methyl sites for hydroxylation is 1. The molecule has 1 atom stereocenters. The van der Waals surface area contributed by atoms with Crippen LogP contribution in [0, 0.1) is 12.7 Å². The van der Waals surface area contributed by atoms with Crippen molar-refractivity contribution in [2.75, 3.05) is 19.0 Å². The molecule has 0 radical (unpaired) electrons. The molecule has 0 aliphatic heterocycles. The van der Waals surface area contributed by atoms with Crippen molar-refractivity contribution in [3.63, 3.8) is 0 Å². The molecule has 2 aromatic rings. The topological polar surface area (TPSA) is 72.0 Å². The number of anilines is 1. The van der Waals surface area contributed by atoms with Gasteiger partial charge < -0.3 is 15.4 Å². The Balaban J connectivity index is 2.02. The zero-order valence-corrected chi connectivity index (χ0v) is 16.6. The monoisotopic (exact) mass is 413 g/mol. The average molecular weight is 414 g/mol. The average Bonchev–Trinajstić information content (AvgIpc) is 2.63. The second kappa shape index (κ2) is 9.17. The Kier molecular flexibility index (Phi) is 7.18. The van der Waals surface area contributed by atoms with Gasteiger partial charge in [-0.15, -0.1) is 0 Å². The standard InChI is InChI=1S/C19H19Cl2FN2O3/c1-10-4-5-12(19(26)27-3)6-17(10)24-18(25)9-23-11(2)13-7-16(22)15(21)8-14(13)20/h4-8,11,23H,9H2,1-3H3,(H,24,25)/p+1/t11-/m0/s1. The number of halogens is 3. The lowest BCUT2D eigenvalue weighted by atomic mass is 10.1. The van der Waals surface area contributed by atoms with Gasteiger partial charge in [-0.3, -0.25) is 4.79 Å². The molecule has 0 spiro atoms. The van der Waals surface area contributed by atoms with Crippen molar-refractivity contribution < 1.29 is 24.0 Å². The highest BCUT2D eigenvalue weighted by molar-refractivity contribution is 6.35. The Bertz CT molecular complexity index is 874. The summed E-state index contributed by atoms with van der Waals surface area (Å²) >= 11 is 11.8. The van der Waals surface area contributed by atoms with Gasteiger partial charge in [-0.1, -0.05) is 29.3 Å². The predicted octanol–water partition coefficient (Wildman–Crippen LogP) is 3.49. The minimum Gasteiger partial charge on any atom is -0.465 e. The van der Waals surface area contributed by atoms with Crippen LogP contribution in [0.4, 0.5) is 10.1 Å². The third-order valence-electron chi connectivity index (χ3n) is 4.12. The summed E-state index contributed by atoms with van der Waals surface area (Å²) in [6.07, 6.45) is 0. The zero-order chi connectivity index (χ0) is 20.1. The second-order valence-corrected chi connectivity index (χ2v) is 6.90. The molecule has 2 rings (SSSR count). The van der Waals surface area contributed by atoms with Gasteiger partial charge >= 0.3 is 5.97 Å². The molecule has 0 fully saturated rings. The van der Waals surface area contributed by atoms with Crippen LogP contribution in [0.2, 0.25) is 10.0 Å². The minimum absolute atomic E-state index is 0.0466. The van der Waals surface area contributed by atoms with Gasteiger partial charge in [0.15, 0.2) is 6.54 Å². The van der Waals surface area contributed by atoms with E-state index in [-0.39, 0.29) is 23.5 Å². The van der Waals surface area contributed by atoms with E-state index in [2.05, 4.69) is 10.1 Å². The molecule has 2 aromatic carbocycles. The van der Waals surface area contributed by atoms with Crippen molar-refractivity contribution in [1.29, 1.82) is 0 Å². The van der Waals surface area contributed by atoms with Crippen LogP contribution in [0.3, 0.4) is 0 Å². The van der Waals surface area contributed by atoms with Gasteiger partial charge in [0.25, 0.3) is 5.91 Å². The van der Waals surface area contributed by atoms with Crippen molar-refractivity contribution in [1.82, 2.24) is 0 Å². The summed E-state index contributed by atoms with van der Waals surface area (Å²) in [7, 11) is 1.29. The molecule has 27 heavy (non-hydrogen) atoms. The molecule has 0 saturated heterocycles. The number of nitrogens with one attached hydrogen (secondary N) is 1. The van der Waals surface area contributed by atoms with Gasteiger partial charge in [-0.2, -0.15) is 0 Å². The highest BCUT2D eigenvalue weighted by Gasteiger charge is 2.18. The number of amides is 1. The van der Waals surface area contributed by atoms with Crippen LogP contribution in [0.5, 0.6) is 0 Å². The summed E-state index contributed by atoms with van der Waals surface area (Å²) in [5.74, 6) is -1.31. The quantitative estimate of drug-likeness (QED) is 0.562. The molecule has 8 heteroatoms. The van der Waals surface area contributed by atoms with Gasteiger partial charge in [0.1, 0.15) is 11.9 Å². The molecular weight excluding hydrogens is 394 g/mol. The molecule has 0 saturated carbocycles. The summed E-state index contributed by atoms with van der Waals surface area (Å²) in [6.45, 7) is 3.72. The van der Waals surface area contributed by atoms with Crippen LogP contribution < -0.4 is 10.6 Å². The number of benzene rings is 2. The predicted molar refractivity (Wildman–Crippen MR) is 103 cm³/mol. The summed E-state index contributed by atoms with van der Waals surface area (Å²) in [6, 6.07) is 7.28. The number of esters is 1. The largest absolute Gasteiger partial charge is 0.465 e. The lowest BCUT2D eigenvalue weighted by Crippen LogP contribution is -2.86. The number of rotatable bonds is 6. The first kappa shape index (κ1) is 21.2. The van der Waals surface area contributed by atoms with E-state index in [0.29, 0.717) is 21.8 Å². The fourth-order valence-electron chi connectivity index (χ4n) is 2.50. The fourth-order valence-corrected chi connectivity index (χ4v) is 3.06. The summed E-state index contributed by atoms with van der Waals surface area (Å²) in [5.41, 5.74) is 2.24. The molecule has 5 nitrogen and oxygen atoms in total. The number of hydrogen-bond donors (Lipinski definition) is 2. The van der Waals surface area contributed by atoms with Gasteiger partial charge in [-0.05, 0) is 43.7 Å². The van der Waals surface area contributed by atoms with E-state index in [1.54, 1.807) is 23.5 Å². The highest BCUT2D eigenvalue weighted by atomic mass is 35.5. The van der Waals surface area contributed by atoms with Crippen molar-refractivity contribution in [3.05, 3.63) is 62.9 Å². The Morgan fingerprint density at radius 2 is 1.93 bits per heavy atom. The third kappa shape index (κ3) is 5.42. The van der Waals surface area contributed by atoms with Crippen molar-refractivity contribution >= 4 is 40.8 Å². The van der Waals surface area contributed by atoms with E-state index in [1.165, 1.54) is 19.2 Å². The minimum atomic E-state index is -0.559. The molecule has 144 valence electrons. The Morgan fingerprint density at radius 3 is 2.59 bits per heavy atom. The number of methoxy groups -OCH3 is 1. The molecule has 0 bridgehead atoms. The highest BCUT2D eigenvalue weighted by Crippen LogP contribution is 2.27. The second-order valence-electron chi connectivity index (χ2n) is 6.09. The number of ether oxygens (including phenoxy) is 1. The Hall–Kier alpha value is -2.15. The van der Waals surface area contributed by atoms with Crippen LogP contribution in [0.25, 0.3) is 0 Å². The molecule has 1 amide bonds. The number of nitrogens with two attached hydrogens (primary N) is 1. The SMILES string of the molecule is COC(=O)c1ccc(C)c(NC(=O)C[NH2+][C@@H](C)c2cc(F)c(Cl)cc2Cl)c1. The molecule has 0 aliphatic rings. The van der Waals surface area contributed by atoms with E-state index in [1.807, 2.05) is 13.8 Å². The third-order valence-corrected chi connectivity index (χ3v) is 4.74. The van der Waals surface area contributed by atoms with Gasteiger partial charge in [0.05, 0.1) is 22.7 Å². The first-order valence-electron chi connectivity index (χ1n) is 8.19. The van der Waals surface area contributed by atoms with E-state index < -0.39 is 11.8 Å². The maximum atomic E-state index is 13.7. The molecule has 0 aliphatic carbocycles. The zero-order valence-electron chi connectivity index (χ0n) is 15.1. The summed E-state index contributed by atoms with van der Waals surface area (Å²) < 4.78 is 18.3. The van der Waals surface area contributed by atoms with Crippen LogP contribution in [-0.4, -0.2) is 25.5 Å². The van der Waals surface area contributed by atoms with E-state index >= 15 is 0 Å². The lowest BCUT2D eigenvalue weighted by Gasteiger charge is -2.14. The number of quaternary nitrogens is 1. The Labute approximate surface area is 166 Å². The number of carbonyl (C=O) groups excluding carboxylic acids is 2. The van der Waals surface area contributed by atoms with Crippen molar-refractivity contribution in [2.24, 2.45) is 0 Å². The van der Waals surface area contributed by atoms with Gasteiger partial charge in [-0.25, -0.2) is 9.18 Å². The number of hydrogen-bond acceptors (Lipinski definition) is 3. The number of carbonyl (C=O) groups is 2. The lowest BCUT2D eigenvalue weighted by molar-refractivity contribution is -0.682. The van der Waals surface area contributed by atoms with Crippen molar-refractivity contribution in [2.45, 2.75) is 19.9 Å². The maximum absolute atomic E-state index is 13.7. The molecular formula is C19H20Cl2FN2O3+. The van der Waals surface area contributed by atoms with Gasteiger partial charge in [0.2, 0.25) is 0 Å². The van der Waals surface area contributed by atoms with Gasteiger partial charge in [0, 0.05) is 11.3 Å². The van der Waals surface area contributed by atoms with E-state index in [0.717, 1.165) is 5.56 Å². The van der Waals surface area contributed by atoms with Crippen LogP contribution in [0.15, 0.2) is 30.3 Å². The summed E-state index contributed by atoms with van der Waals surface area (Å²) in [5, 5.41) is 4.78. The van der Waals surface area contributed by atoms with Crippen LogP contribution in [-0.2, 0) is 9.53 Å². The maximum Gasteiger partial charge on any atom is 0.337 e. The molecule has 0 unspecified atom stereocenters.